The maximum atomic E-state index is 12.7. The zero-order valence-electron chi connectivity index (χ0n) is 12.0. The van der Waals surface area contributed by atoms with Gasteiger partial charge in [-0.25, -0.2) is 0 Å². The number of carbonyl (C=O) groups is 1. The van der Waals surface area contributed by atoms with Crippen LogP contribution in [-0.4, -0.2) is 48.4 Å². The molecule has 1 heterocycles. The highest BCUT2D eigenvalue weighted by molar-refractivity contribution is 9.10. The lowest BCUT2D eigenvalue weighted by Gasteiger charge is -2.22. The van der Waals surface area contributed by atoms with Crippen molar-refractivity contribution in [2.45, 2.75) is 19.3 Å². The monoisotopic (exact) mass is 370 g/mol. The third kappa shape index (κ3) is 3.99. The fourth-order valence-corrected chi connectivity index (χ4v) is 3.41. The Balaban J connectivity index is 1.65. The van der Waals surface area contributed by atoms with Gasteiger partial charge in [0.05, 0.1) is 10.6 Å². The second kappa shape index (κ2) is 6.67. The smallest absolute Gasteiger partial charge is 0.255 e. The molecule has 2 aliphatic rings. The van der Waals surface area contributed by atoms with Gasteiger partial charge in [-0.3, -0.25) is 4.79 Å². The molecule has 0 spiro atoms. The lowest BCUT2D eigenvalue weighted by Crippen LogP contribution is -2.35. The van der Waals surface area contributed by atoms with E-state index >= 15 is 0 Å². The van der Waals surface area contributed by atoms with Crippen LogP contribution in [0, 0.1) is 5.92 Å². The van der Waals surface area contributed by atoms with Crippen LogP contribution in [0.5, 0.6) is 0 Å². The largest absolute Gasteiger partial charge is 0.337 e. The van der Waals surface area contributed by atoms with E-state index in [1.165, 1.54) is 19.4 Å². The first-order valence-electron chi connectivity index (χ1n) is 7.60. The minimum absolute atomic E-state index is 0.0505. The average Bonchev–Trinajstić information content (AvgIpc) is 3.29. The molecular formula is C16H20BrClN2O. The molecule has 21 heavy (non-hydrogen) atoms. The molecule has 0 bridgehead atoms. The number of benzene rings is 1. The first-order chi connectivity index (χ1) is 10.1. The van der Waals surface area contributed by atoms with Crippen molar-refractivity contribution in [3.8, 4) is 0 Å². The lowest BCUT2D eigenvalue weighted by atomic mass is 10.2. The number of halogens is 2. The maximum Gasteiger partial charge on any atom is 0.255 e. The summed E-state index contributed by atoms with van der Waals surface area (Å²) in [6.07, 6.45) is 3.81. The number of amides is 1. The Hall–Kier alpha value is -0.580. The molecule has 1 saturated heterocycles. The van der Waals surface area contributed by atoms with Crippen molar-refractivity contribution in [1.82, 2.24) is 9.80 Å². The van der Waals surface area contributed by atoms with Crippen molar-refractivity contribution in [2.24, 2.45) is 5.92 Å². The Bertz CT molecular complexity index is 533. The Morgan fingerprint density at radius 2 is 2.05 bits per heavy atom. The molecule has 3 nitrogen and oxygen atoms in total. The van der Waals surface area contributed by atoms with Crippen LogP contribution in [0.4, 0.5) is 0 Å². The van der Waals surface area contributed by atoms with E-state index in [0.29, 0.717) is 10.6 Å². The van der Waals surface area contributed by atoms with Crippen molar-refractivity contribution < 1.29 is 4.79 Å². The quantitative estimate of drug-likeness (QED) is 0.809. The van der Waals surface area contributed by atoms with Gasteiger partial charge in [0.15, 0.2) is 0 Å². The molecule has 2 fully saturated rings. The highest BCUT2D eigenvalue weighted by atomic mass is 79.9. The molecule has 1 aliphatic carbocycles. The average molecular weight is 372 g/mol. The number of carbonyl (C=O) groups excluding carboxylic acids is 1. The van der Waals surface area contributed by atoms with E-state index in [9.17, 15) is 4.79 Å². The van der Waals surface area contributed by atoms with Crippen molar-refractivity contribution in [2.75, 3.05) is 32.7 Å². The lowest BCUT2D eigenvalue weighted by molar-refractivity contribution is 0.0761. The van der Waals surface area contributed by atoms with E-state index in [0.717, 1.165) is 43.0 Å². The van der Waals surface area contributed by atoms with Gasteiger partial charge < -0.3 is 9.80 Å². The summed E-state index contributed by atoms with van der Waals surface area (Å²) < 4.78 is 0.889. The molecular weight excluding hydrogens is 352 g/mol. The van der Waals surface area contributed by atoms with E-state index in [2.05, 4.69) is 20.8 Å². The standard InChI is InChI=1S/C16H20BrClN2O/c17-13-4-5-15(18)14(10-13)16(21)20-7-1-6-19(8-9-20)11-12-2-3-12/h4-5,10,12H,1-3,6-9,11H2. The van der Waals surface area contributed by atoms with Gasteiger partial charge in [-0.15, -0.1) is 0 Å². The summed E-state index contributed by atoms with van der Waals surface area (Å²) in [4.78, 5) is 17.1. The molecule has 5 heteroatoms. The Labute approximate surface area is 139 Å². The summed E-state index contributed by atoms with van der Waals surface area (Å²) in [5.41, 5.74) is 0.599. The van der Waals surface area contributed by atoms with Crippen LogP contribution in [0.2, 0.25) is 5.02 Å². The SMILES string of the molecule is O=C(c1cc(Br)ccc1Cl)N1CCCN(CC2CC2)CC1. The molecule has 1 aromatic carbocycles. The van der Waals surface area contributed by atoms with Gasteiger partial charge in [0.1, 0.15) is 0 Å². The van der Waals surface area contributed by atoms with Crippen LogP contribution < -0.4 is 0 Å². The number of hydrogen-bond donors (Lipinski definition) is 0. The van der Waals surface area contributed by atoms with E-state index in [-0.39, 0.29) is 5.91 Å². The third-order valence-electron chi connectivity index (χ3n) is 4.25. The van der Waals surface area contributed by atoms with Crippen molar-refractivity contribution >= 4 is 33.4 Å². The van der Waals surface area contributed by atoms with Gasteiger partial charge in [0, 0.05) is 30.7 Å². The van der Waals surface area contributed by atoms with E-state index in [1.807, 2.05) is 17.0 Å². The van der Waals surface area contributed by atoms with Crippen LogP contribution in [-0.2, 0) is 0 Å². The fourth-order valence-electron chi connectivity index (χ4n) is 2.85. The minimum Gasteiger partial charge on any atom is -0.337 e. The van der Waals surface area contributed by atoms with Gasteiger partial charge in [-0.1, -0.05) is 27.5 Å². The van der Waals surface area contributed by atoms with Crippen molar-refractivity contribution in [1.29, 1.82) is 0 Å². The first-order valence-corrected chi connectivity index (χ1v) is 8.77. The second-order valence-electron chi connectivity index (χ2n) is 6.01. The summed E-state index contributed by atoms with van der Waals surface area (Å²) >= 11 is 9.59. The van der Waals surface area contributed by atoms with Crippen molar-refractivity contribution in [3.63, 3.8) is 0 Å². The Morgan fingerprint density at radius 3 is 2.81 bits per heavy atom. The fraction of sp³-hybridized carbons (Fsp3) is 0.562. The molecule has 1 amide bonds. The van der Waals surface area contributed by atoms with Crippen LogP contribution >= 0.6 is 27.5 Å². The molecule has 0 aromatic heterocycles. The van der Waals surface area contributed by atoms with Gasteiger partial charge in [0.2, 0.25) is 0 Å². The van der Waals surface area contributed by atoms with E-state index in [4.69, 9.17) is 11.6 Å². The number of rotatable bonds is 3. The van der Waals surface area contributed by atoms with Gasteiger partial charge in [-0.05, 0) is 49.9 Å². The number of hydrogen-bond acceptors (Lipinski definition) is 2. The highest BCUT2D eigenvalue weighted by Gasteiger charge is 2.27. The molecule has 1 saturated carbocycles. The third-order valence-corrected chi connectivity index (χ3v) is 5.07. The molecule has 0 atom stereocenters. The van der Waals surface area contributed by atoms with E-state index < -0.39 is 0 Å². The first kappa shape index (κ1) is 15.3. The molecule has 3 rings (SSSR count). The maximum absolute atomic E-state index is 12.7. The molecule has 1 aliphatic heterocycles. The Kier molecular flexibility index (Phi) is 4.87. The van der Waals surface area contributed by atoms with Gasteiger partial charge in [-0.2, -0.15) is 0 Å². The second-order valence-corrected chi connectivity index (χ2v) is 7.34. The summed E-state index contributed by atoms with van der Waals surface area (Å²) in [5.74, 6) is 0.960. The predicted octanol–water partition coefficient (Wildman–Crippen LogP) is 3.66. The topological polar surface area (TPSA) is 23.6 Å². The normalized spacial score (nSPS) is 20.4. The van der Waals surface area contributed by atoms with Crippen LogP contribution in [0.15, 0.2) is 22.7 Å². The zero-order chi connectivity index (χ0) is 14.8. The molecule has 1 aromatic rings. The summed E-state index contributed by atoms with van der Waals surface area (Å²) in [7, 11) is 0. The van der Waals surface area contributed by atoms with Crippen LogP contribution in [0.1, 0.15) is 29.6 Å². The number of nitrogens with zero attached hydrogens (tertiary/aromatic N) is 2. The van der Waals surface area contributed by atoms with E-state index in [1.54, 1.807) is 6.07 Å². The summed E-state index contributed by atoms with van der Waals surface area (Å²) in [6.45, 7) is 4.91. The highest BCUT2D eigenvalue weighted by Crippen LogP contribution is 2.30. The van der Waals surface area contributed by atoms with Gasteiger partial charge in [0.25, 0.3) is 5.91 Å². The minimum atomic E-state index is 0.0505. The zero-order valence-corrected chi connectivity index (χ0v) is 14.4. The van der Waals surface area contributed by atoms with Crippen LogP contribution in [0.3, 0.4) is 0 Å². The molecule has 114 valence electrons. The van der Waals surface area contributed by atoms with Crippen molar-refractivity contribution in [3.05, 3.63) is 33.3 Å². The molecule has 0 unspecified atom stereocenters. The predicted molar refractivity (Wildman–Crippen MR) is 88.8 cm³/mol. The van der Waals surface area contributed by atoms with Gasteiger partial charge >= 0.3 is 0 Å². The molecule has 0 radical (unpaired) electrons. The van der Waals surface area contributed by atoms with Crippen LogP contribution in [0.25, 0.3) is 0 Å². The molecule has 0 N–H and O–H groups in total. The Morgan fingerprint density at radius 1 is 1.24 bits per heavy atom. The summed E-state index contributed by atoms with van der Waals surface area (Å²) in [6, 6.07) is 5.45. The summed E-state index contributed by atoms with van der Waals surface area (Å²) in [5, 5.41) is 0.530.